The van der Waals surface area contributed by atoms with Gasteiger partial charge in [0.2, 0.25) is 0 Å². The molecule has 0 bridgehead atoms. The Morgan fingerprint density at radius 1 is 0.270 bits per heavy atom. The van der Waals surface area contributed by atoms with Crippen molar-refractivity contribution in [3.05, 3.63) is 401 Å². The molecule has 30 rings (SSSR count). The minimum atomic E-state index is -2.27. The van der Waals surface area contributed by atoms with E-state index < -0.39 is 8.07 Å². The van der Waals surface area contributed by atoms with Crippen molar-refractivity contribution in [1.82, 2.24) is 0 Å². The summed E-state index contributed by atoms with van der Waals surface area (Å²) in [6, 6.07) is 130. The molecule has 11 aliphatic heterocycles. The number of rotatable bonds is 7. The van der Waals surface area contributed by atoms with Crippen LogP contribution in [0.3, 0.4) is 0 Å². The molecule has 0 spiro atoms. The summed E-state index contributed by atoms with van der Waals surface area (Å²) in [5, 5.41) is 2.95. The van der Waals surface area contributed by atoms with E-state index in [9.17, 15) is 0 Å². The first-order valence-electron chi connectivity index (χ1n) is 48.0. The van der Waals surface area contributed by atoms with Crippen molar-refractivity contribution >= 4 is 192 Å². The van der Waals surface area contributed by atoms with E-state index >= 15 is 0 Å². The fourth-order valence-electron chi connectivity index (χ4n) is 25.9. The second-order valence-electron chi connectivity index (χ2n) is 40.7. The van der Waals surface area contributed by atoms with Gasteiger partial charge in [0.15, 0.2) is 11.5 Å². The molecule has 9 nitrogen and oxygen atoms in total. The third-order valence-corrected chi connectivity index (χ3v) is 38.7. The predicted molar refractivity (Wildman–Crippen MR) is 573 cm³/mol. The Hall–Kier alpha value is -14.4. The zero-order valence-corrected chi connectivity index (χ0v) is 80.6. The fourth-order valence-corrected chi connectivity index (χ4v) is 32.0. The van der Waals surface area contributed by atoms with Gasteiger partial charge in [-0.15, -0.1) is 0 Å². The first-order valence-corrected chi connectivity index (χ1v) is 53.4. The molecule has 16 heteroatoms. The summed E-state index contributed by atoms with van der Waals surface area (Å²) in [6.45, 7) is 21.3. The average Bonchev–Trinajstić information content (AvgIpc) is 0.678. The summed E-state index contributed by atoms with van der Waals surface area (Å²) >= 11 is 5.47. The third kappa shape index (κ3) is 10.9. The van der Waals surface area contributed by atoms with Crippen LogP contribution in [0.1, 0.15) is 88.9 Å². The Morgan fingerprint density at radius 3 is 1.39 bits per heavy atom. The monoisotopic (exact) mass is 1830 g/mol. The van der Waals surface area contributed by atoms with Crippen LogP contribution in [0.4, 0.5) is 85.3 Å². The van der Waals surface area contributed by atoms with Crippen LogP contribution in [0.15, 0.2) is 369 Å². The number of para-hydroxylation sites is 10. The lowest BCUT2D eigenvalue weighted by atomic mass is 9.43. The first-order chi connectivity index (χ1) is 66.9. The lowest BCUT2D eigenvalue weighted by Gasteiger charge is -2.51. The number of benzene rings is 18. The molecule has 1 aliphatic carbocycles. The van der Waals surface area contributed by atoms with E-state index in [1.165, 1.54) is 187 Å². The topological polar surface area (TPSA) is 47.1 Å². The van der Waals surface area contributed by atoms with Crippen molar-refractivity contribution in [2.75, 3.05) is 29.1 Å². The highest BCUT2D eigenvalue weighted by molar-refractivity contribution is 8.00. The minimum Gasteiger partial charge on any atom is -0.455 e. The van der Waals surface area contributed by atoms with Gasteiger partial charge in [0.05, 0.1) is 42.3 Å². The van der Waals surface area contributed by atoms with Crippen LogP contribution in [0.25, 0.3) is 33.4 Å². The first kappa shape index (κ1) is 78.9. The Morgan fingerprint density at radius 2 is 0.723 bits per heavy atom. The van der Waals surface area contributed by atoms with Gasteiger partial charge in [0, 0.05) is 106 Å². The fraction of sp³-hybridized carbons (Fsp3) is 0.107. The number of fused-ring (bicyclic) bond motifs is 24. The summed E-state index contributed by atoms with van der Waals surface area (Å²) in [7, 11) is -2.27. The van der Waals surface area contributed by atoms with Gasteiger partial charge in [-0.3, -0.25) is 0 Å². The lowest BCUT2D eigenvalue weighted by Crippen LogP contribution is -2.67. The van der Waals surface area contributed by atoms with Crippen molar-refractivity contribution in [3.63, 3.8) is 0 Å². The molecule has 0 N–H and O–H groups in total. The zero-order chi connectivity index (χ0) is 91.0. The molecule has 650 valence electrons. The summed E-state index contributed by atoms with van der Waals surface area (Å²) in [5.41, 5.74) is 46.5. The van der Waals surface area contributed by atoms with Gasteiger partial charge in [-0.1, -0.05) is 270 Å². The maximum absolute atomic E-state index is 7.19. The van der Waals surface area contributed by atoms with Crippen LogP contribution in [0.2, 0.25) is 13.1 Å². The standard InChI is InChI=1S/C121H87B3N6O3S3Si/c1-68-52-79-78-64-110-105(133-102-40-20-22-43-107(102)135-110)66-95(78)129(124-87-33-26-45-109-118(87)126(97(53-68)114(79)124)92-36-16-21-42-106(92)134-109)89-50-48-71(54-69(89)2)57-74-59-81-77-63-104-111(136-108-44-23-19-39-101(108)132-104)67-96(77)130(123-86-32-25-41-103-117(86)125(98(60-74)116(81)123)91-35-15-18-38-100(91)131-103)90-51-49-72(55-70(90)3)56-73-58-80-76-62-84-85(121(6,7)83-31-14-13-30-82(83)120(84,4)5)65-94(76)128(75-28-11-10-12-29-75)122-88-34-27-47-113-119(88)127(99(61-73)115(80)122)93-37-17-24-46-112(93)137(113,8)9/h10-55,58-67H,56-57H2,1-9H3. The summed E-state index contributed by atoms with van der Waals surface area (Å²) in [6.07, 6.45) is 1.37. The van der Waals surface area contributed by atoms with Crippen molar-refractivity contribution in [2.45, 2.75) is 115 Å². The summed E-state index contributed by atoms with van der Waals surface area (Å²) in [5.74, 6) is 5.13. The van der Waals surface area contributed by atoms with Gasteiger partial charge in [0.1, 0.15) is 31.1 Å². The number of aryl methyl sites for hydroxylation is 3. The molecule has 18 aromatic carbocycles. The zero-order valence-electron chi connectivity index (χ0n) is 77.1. The number of hydrogen-bond donors (Lipinski definition) is 0. The SMILES string of the molecule is Cc1cc2c3c(c1)N1c4ccccc4Sc4cccc(c41)B3N(c1ccc(Cc3cc4c5c(c3)N3c6ccccc6Oc6cccc(c63)B5N(c3ccc(Cc5cc6c7c(c5)N5c8ccccc8[Si](C)(C)c8cccc(c85)B7N(c5ccccc5)c5cc7c(cc5-6)C(C)(C)c5ccccc5C7(C)C)cc3C)c3cc5c(cc3-4)Oc3ccccc3S5)cc1C)c1cc3c(cc1-2)Sc1ccccc1O3. The third-order valence-electron chi connectivity index (χ3n) is 31.9. The quantitative estimate of drug-likeness (QED) is 0.143. The lowest BCUT2D eigenvalue weighted by molar-refractivity contribution is 0.454. The Kier molecular flexibility index (Phi) is 16.2. The second-order valence-corrected chi connectivity index (χ2v) is 48.3. The highest BCUT2D eigenvalue weighted by atomic mass is 32.2. The highest BCUT2D eigenvalue weighted by Crippen LogP contribution is 2.63. The summed E-state index contributed by atoms with van der Waals surface area (Å²) in [4.78, 5) is 22.8. The molecular weight excluding hydrogens is 1740 g/mol. The van der Waals surface area contributed by atoms with Crippen LogP contribution in [0.5, 0.6) is 34.5 Å². The van der Waals surface area contributed by atoms with Gasteiger partial charge < -0.3 is 43.3 Å². The van der Waals surface area contributed by atoms with Crippen molar-refractivity contribution in [1.29, 1.82) is 0 Å². The van der Waals surface area contributed by atoms with E-state index in [0.29, 0.717) is 12.8 Å². The molecule has 0 fully saturated rings. The van der Waals surface area contributed by atoms with E-state index in [1.807, 2.05) is 11.8 Å². The van der Waals surface area contributed by atoms with E-state index in [4.69, 9.17) is 14.2 Å². The van der Waals surface area contributed by atoms with Gasteiger partial charge in [0.25, 0.3) is 0 Å². The minimum absolute atomic E-state index is 0.118. The number of hydrogen-bond acceptors (Lipinski definition) is 12. The van der Waals surface area contributed by atoms with Crippen LogP contribution in [0, 0.1) is 20.8 Å². The smallest absolute Gasteiger partial charge is 0.333 e. The number of nitrogens with zero attached hydrogens (tertiary/aromatic N) is 6. The molecule has 18 aromatic rings. The molecule has 0 saturated heterocycles. The largest absolute Gasteiger partial charge is 0.455 e. The van der Waals surface area contributed by atoms with Crippen LogP contribution >= 0.6 is 35.3 Å². The average molecular weight is 1830 g/mol. The molecule has 11 heterocycles. The molecule has 0 saturated carbocycles. The normalized spacial score (nSPS) is 15.8. The van der Waals surface area contributed by atoms with Gasteiger partial charge in [-0.25, -0.2) is 0 Å². The highest BCUT2D eigenvalue weighted by Gasteiger charge is 2.55. The Balaban J connectivity index is 0.580. The second kappa shape index (κ2) is 28.2. The number of anilines is 15. The van der Waals surface area contributed by atoms with E-state index in [2.05, 4.69) is 430 Å². The molecule has 12 aliphatic rings. The van der Waals surface area contributed by atoms with Gasteiger partial charge >= 0.3 is 20.5 Å². The van der Waals surface area contributed by atoms with Crippen molar-refractivity contribution in [2.24, 2.45) is 0 Å². The van der Waals surface area contributed by atoms with E-state index in [1.54, 1.807) is 23.5 Å². The molecule has 137 heavy (non-hydrogen) atoms. The van der Waals surface area contributed by atoms with E-state index in [-0.39, 0.29) is 31.4 Å². The maximum Gasteiger partial charge on any atom is 0.333 e. The van der Waals surface area contributed by atoms with E-state index in [0.717, 1.165) is 99.5 Å². The molecule has 0 unspecified atom stereocenters. The molecular formula is C121H87B3N6O3S3Si. The van der Waals surface area contributed by atoms with Crippen molar-refractivity contribution in [3.8, 4) is 67.9 Å². The van der Waals surface area contributed by atoms with Crippen molar-refractivity contribution < 1.29 is 14.2 Å². The van der Waals surface area contributed by atoms with Crippen LogP contribution in [-0.2, 0) is 23.7 Å². The molecule has 0 aromatic heterocycles. The van der Waals surface area contributed by atoms with Gasteiger partial charge in [-0.05, 0) is 294 Å². The van der Waals surface area contributed by atoms with Crippen LogP contribution < -0.4 is 86.5 Å². The Labute approximate surface area is 812 Å². The number of ether oxygens (including phenoxy) is 3. The summed E-state index contributed by atoms with van der Waals surface area (Å²) < 4.78 is 21.4. The van der Waals surface area contributed by atoms with Gasteiger partial charge in [-0.2, -0.15) is 0 Å². The van der Waals surface area contributed by atoms with Crippen LogP contribution in [-0.4, -0.2) is 28.6 Å². The molecule has 0 radical (unpaired) electrons. The predicted octanol–water partition coefficient (Wildman–Crippen LogP) is 27.1. The molecule has 0 atom stereocenters. The Bertz CT molecular complexity index is 8570. The maximum atomic E-state index is 7.19. The molecule has 0 amide bonds.